The van der Waals surface area contributed by atoms with Gasteiger partial charge < -0.3 is 9.64 Å². The van der Waals surface area contributed by atoms with Gasteiger partial charge in [-0.15, -0.1) is 0 Å². The fraction of sp³-hybridized carbons (Fsp3) is 0.174. The third-order valence-corrected chi connectivity index (χ3v) is 5.00. The van der Waals surface area contributed by atoms with E-state index < -0.39 is 0 Å². The Bertz CT molecular complexity index is 1260. The Kier molecular flexibility index (Phi) is 4.99. The van der Waals surface area contributed by atoms with Gasteiger partial charge in [0, 0.05) is 19.0 Å². The Balaban J connectivity index is 1.52. The lowest BCUT2D eigenvalue weighted by molar-refractivity contribution is -0.131. The number of carbonyl (C=O) groups excluding carboxylic acids is 1. The Labute approximate surface area is 167 Å². The molecule has 0 saturated heterocycles. The molecule has 0 saturated carbocycles. The summed E-state index contributed by atoms with van der Waals surface area (Å²) in [5, 5.41) is 6.88. The number of hydrogen-bond donors (Lipinski definition) is 0. The van der Waals surface area contributed by atoms with Crippen LogP contribution in [0.3, 0.4) is 0 Å². The van der Waals surface area contributed by atoms with E-state index in [1.54, 1.807) is 41.9 Å². The van der Waals surface area contributed by atoms with Crippen molar-refractivity contribution in [2.75, 3.05) is 14.2 Å². The molecule has 0 bridgehead atoms. The minimum absolute atomic E-state index is 0.0715. The first-order valence-electron chi connectivity index (χ1n) is 9.30. The van der Waals surface area contributed by atoms with Gasteiger partial charge in [0.25, 0.3) is 0 Å². The Morgan fingerprint density at radius 3 is 2.66 bits per heavy atom. The lowest BCUT2D eigenvalue weighted by Gasteiger charge is -2.19. The van der Waals surface area contributed by atoms with Crippen LogP contribution in [0.4, 0.5) is 0 Å². The van der Waals surface area contributed by atoms with E-state index in [1.807, 2.05) is 36.4 Å². The zero-order chi connectivity index (χ0) is 20.4. The molecule has 146 valence electrons. The monoisotopic (exact) mass is 387 g/mol. The Hall–Kier alpha value is -3.67. The van der Waals surface area contributed by atoms with Crippen LogP contribution in [0.25, 0.3) is 21.7 Å². The van der Waals surface area contributed by atoms with Crippen LogP contribution in [0.15, 0.2) is 71.7 Å². The van der Waals surface area contributed by atoms with Gasteiger partial charge in [-0.25, -0.2) is 0 Å². The van der Waals surface area contributed by atoms with Crippen molar-refractivity contribution in [1.29, 1.82) is 0 Å². The van der Waals surface area contributed by atoms with Gasteiger partial charge in [0.1, 0.15) is 12.3 Å². The standard InChI is InChI=1S/C23H21N3O3/c1-25(14-16-7-8-18-12-19(29-2)10-9-17(18)11-16)23(28)15-26-21-6-4-3-5-20(21)22(27)13-24-26/h3-13H,14-15H2,1-2H3. The van der Waals surface area contributed by atoms with E-state index in [1.165, 1.54) is 6.20 Å². The fourth-order valence-electron chi connectivity index (χ4n) is 3.40. The van der Waals surface area contributed by atoms with Crippen LogP contribution in [0.1, 0.15) is 5.56 Å². The number of benzene rings is 3. The quantitative estimate of drug-likeness (QED) is 0.527. The van der Waals surface area contributed by atoms with E-state index in [4.69, 9.17) is 4.74 Å². The molecule has 0 aliphatic rings. The summed E-state index contributed by atoms with van der Waals surface area (Å²) in [6.45, 7) is 0.557. The van der Waals surface area contributed by atoms with Crippen LogP contribution in [-0.2, 0) is 17.9 Å². The highest BCUT2D eigenvalue weighted by Gasteiger charge is 2.13. The number of rotatable bonds is 5. The average molecular weight is 387 g/mol. The molecular formula is C23H21N3O3. The summed E-state index contributed by atoms with van der Waals surface area (Å²) in [7, 11) is 3.42. The maximum Gasteiger partial charge on any atom is 0.244 e. The number of methoxy groups -OCH3 is 1. The van der Waals surface area contributed by atoms with Crippen molar-refractivity contribution in [1.82, 2.24) is 14.7 Å². The number of hydrogen-bond acceptors (Lipinski definition) is 4. The lowest BCUT2D eigenvalue weighted by atomic mass is 10.1. The number of aromatic nitrogens is 2. The summed E-state index contributed by atoms with van der Waals surface area (Å²) in [5.74, 6) is 0.736. The van der Waals surface area contributed by atoms with E-state index in [0.29, 0.717) is 17.4 Å². The van der Waals surface area contributed by atoms with Crippen molar-refractivity contribution >= 4 is 27.6 Å². The van der Waals surface area contributed by atoms with E-state index in [-0.39, 0.29) is 17.9 Å². The van der Waals surface area contributed by atoms with Gasteiger partial charge in [-0.2, -0.15) is 5.10 Å². The van der Waals surface area contributed by atoms with Crippen LogP contribution < -0.4 is 10.2 Å². The molecule has 4 aromatic rings. The largest absolute Gasteiger partial charge is 0.497 e. The highest BCUT2D eigenvalue weighted by Crippen LogP contribution is 2.22. The second-order valence-corrected chi connectivity index (χ2v) is 6.98. The Morgan fingerprint density at radius 2 is 1.83 bits per heavy atom. The van der Waals surface area contributed by atoms with Crippen molar-refractivity contribution in [3.63, 3.8) is 0 Å². The summed E-state index contributed by atoms with van der Waals surface area (Å²) < 4.78 is 6.83. The maximum atomic E-state index is 12.8. The molecule has 0 fully saturated rings. The topological polar surface area (TPSA) is 64.4 Å². The number of para-hydroxylation sites is 1. The maximum absolute atomic E-state index is 12.8. The van der Waals surface area contributed by atoms with Gasteiger partial charge in [-0.3, -0.25) is 14.3 Å². The summed E-state index contributed by atoms with van der Waals surface area (Å²) >= 11 is 0. The summed E-state index contributed by atoms with van der Waals surface area (Å²) in [4.78, 5) is 26.4. The number of ether oxygens (including phenoxy) is 1. The van der Waals surface area contributed by atoms with Crippen LogP contribution in [-0.4, -0.2) is 34.7 Å². The van der Waals surface area contributed by atoms with Gasteiger partial charge in [0.2, 0.25) is 11.3 Å². The zero-order valence-corrected chi connectivity index (χ0v) is 16.3. The molecule has 0 radical (unpaired) electrons. The second-order valence-electron chi connectivity index (χ2n) is 6.98. The van der Waals surface area contributed by atoms with Crippen LogP contribution in [0.5, 0.6) is 5.75 Å². The van der Waals surface area contributed by atoms with Crippen molar-refractivity contribution < 1.29 is 9.53 Å². The van der Waals surface area contributed by atoms with Crippen molar-refractivity contribution in [2.45, 2.75) is 13.1 Å². The van der Waals surface area contributed by atoms with Crippen LogP contribution in [0, 0.1) is 0 Å². The number of nitrogens with zero attached hydrogens (tertiary/aromatic N) is 3. The van der Waals surface area contributed by atoms with Gasteiger partial charge in [-0.05, 0) is 46.7 Å². The van der Waals surface area contributed by atoms with Crippen LogP contribution >= 0.6 is 0 Å². The van der Waals surface area contributed by atoms with Gasteiger partial charge >= 0.3 is 0 Å². The summed E-state index contributed by atoms with van der Waals surface area (Å²) in [6, 6.07) is 19.2. The van der Waals surface area contributed by atoms with E-state index >= 15 is 0 Å². The van der Waals surface area contributed by atoms with Crippen LogP contribution in [0.2, 0.25) is 0 Å². The number of likely N-dealkylation sites (N-methyl/N-ethyl adjacent to an activating group) is 1. The number of fused-ring (bicyclic) bond motifs is 2. The third kappa shape index (κ3) is 3.82. The normalized spacial score (nSPS) is 11.0. The van der Waals surface area contributed by atoms with Crippen molar-refractivity contribution in [3.8, 4) is 5.75 Å². The number of amides is 1. The molecule has 4 rings (SSSR count). The molecule has 6 nitrogen and oxygen atoms in total. The molecular weight excluding hydrogens is 366 g/mol. The molecule has 0 aliphatic heterocycles. The summed E-state index contributed by atoms with van der Waals surface area (Å²) in [6.07, 6.45) is 1.26. The average Bonchev–Trinajstić information content (AvgIpc) is 2.75. The smallest absolute Gasteiger partial charge is 0.244 e. The first-order chi connectivity index (χ1) is 14.0. The molecule has 0 N–H and O–H groups in total. The van der Waals surface area contributed by atoms with Crippen molar-refractivity contribution in [2.24, 2.45) is 0 Å². The minimum atomic E-state index is -0.148. The third-order valence-electron chi connectivity index (χ3n) is 5.00. The molecule has 1 heterocycles. The molecule has 0 atom stereocenters. The van der Waals surface area contributed by atoms with Gasteiger partial charge in [-0.1, -0.05) is 30.3 Å². The zero-order valence-electron chi connectivity index (χ0n) is 16.3. The SMILES string of the molecule is COc1ccc2cc(CN(C)C(=O)Cn3ncc(=O)c4ccccc43)ccc2c1. The first-order valence-corrected chi connectivity index (χ1v) is 9.30. The molecule has 3 aromatic carbocycles. The van der Waals surface area contributed by atoms with E-state index in [9.17, 15) is 9.59 Å². The summed E-state index contributed by atoms with van der Waals surface area (Å²) in [5.41, 5.74) is 1.54. The molecule has 29 heavy (non-hydrogen) atoms. The fourth-order valence-corrected chi connectivity index (χ4v) is 3.40. The highest BCUT2D eigenvalue weighted by atomic mass is 16.5. The highest BCUT2D eigenvalue weighted by molar-refractivity contribution is 5.85. The molecule has 1 amide bonds. The van der Waals surface area contributed by atoms with E-state index in [0.717, 1.165) is 22.1 Å². The molecule has 0 unspecified atom stereocenters. The molecule has 0 aliphatic carbocycles. The number of carbonyl (C=O) groups is 1. The first kappa shape index (κ1) is 18.7. The molecule has 6 heteroatoms. The molecule has 0 spiro atoms. The lowest BCUT2D eigenvalue weighted by Crippen LogP contribution is -2.31. The molecule has 1 aromatic heterocycles. The van der Waals surface area contributed by atoms with Crippen molar-refractivity contribution in [3.05, 3.63) is 82.6 Å². The predicted molar refractivity (Wildman–Crippen MR) is 113 cm³/mol. The van der Waals surface area contributed by atoms with Gasteiger partial charge in [0.15, 0.2) is 0 Å². The second kappa shape index (κ2) is 7.75. The Morgan fingerprint density at radius 1 is 1.07 bits per heavy atom. The van der Waals surface area contributed by atoms with Gasteiger partial charge in [0.05, 0.1) is 18.8 Å². The van der Waals surface area contributed by atoms with E-state index in [2.05, 4.69) is 11.2 Å². The minimum Gasteiger partial charge on any atom is -0.497 e. The predicted octanol–water partition coefficient (Wildman–Crippen LogP) is 3.22.